The van der Waals surface area contributed by atoms with Crippen molar-refractivity contribution in [3.63, 3.8) is 0 Å². The molecule has 1 aliphatic heterocycles. The van der Waals surface area contributed by atoms with Crippen molar-refractivity contribution in [3.05, 3.63) is 0 Å². The SMILES string of the molecule is C[C@@H]1[C@H]([Si](C)(C)C)C(=S)N1C. The van der Waals surface area contributed by atoms with Crippen LogP contribution < -0.4 is 0 Å². The van der Waals surface area contributed by atoms with Crippen molar-refractivity contribution in [2.75, 3.05) is 7.05 Å². The maximum atomic E-state index is 5.31. The van der Waals surface area contributed by atoms with Gasteiger partial charge in [0.2, 0.25) is 0 Å². The molecule has 2 atom stereocenters. The van der Waals surface area contributed by atoms with E-state index in [2.05, 4.69) is 38.5 Å². The molecule has 1 fully saturated rings. The molecular formula is C8H17NSSi. The predicted molar refractivity (Wildman–Crippen MR) is 56.9 cm³/mol. The highest BCUT2D eigenvalue weighted by atomic mass is 32.1. The van der Waals surface area contributed by atoms with Gasteiger partial charge in [-0.25, -0.2) is 0 Å². The Morgan fingerprint density at radius 2 is 1.82 bits per heavy atom. The molecule has 1 saturated heterocycles. The molecule has 0 aromatic heterocycles. The minimum absolute atomic E-state index is 0.689. The van der Waals surface area contributed by atoms with Crippen LogP contribution in [0.5, 0.6) is 0 Å². The topological polar surface area (TPSA) is 3.24 Å². The molecule has 1 heterocycles. The Morgan fingerprint density at radius 1 is 1.36 bits per heavy atom. The standard InChI is InChI=1S/C8H17NSSi/c1-6-7(11(3,4)5)8(10)9(6)2/h6-7H,1-5H3/t6-,7+/m1/s1. The van der Waals surface area contributed by atoms with E-state index in [1.54, 1.807) is 0 Å². The third-order valence-corrected chi connectivity index (χ3v) is 6.01. The molecule has 0 aromatic carbocycles. The lowest BCUT2D eigenvalue weighted by Crippen LogP contribution is -2.60. The lowest BCUT2D eigenvalue weighted by atomic mass is 10.1. The van der Waals surface area contributed by atoms with Gasteiger partial charge in [0.15, 0.2) is 0 Å². The predicted octanol–water partition coefficient (Wildman–Crippen LogP) is 2.36. The van der Waals surface area contributed by atoms with E-state index in [1.807, 2.05) is 0 Å². The summed E-state index contributed by atoms with van der Waals surface area (Å²) >= 11 is 5.31. The van der Waals surface area contributed by atoms with Crippen molar-refractivity contribution in [1.29, 1.82) is 0 Å². The van der Waals surface area contributed by atoms with Gasteiger partial charge in [0.05, 0.1) is 13.1 Å². The van der Waals surface area contributed by atoms with Gasteiger partial charge in [-0.1, -0.05) is 31.9 Å². The number of likely N-dealkylation sites (tertiary alicyclic amines) is 1. The molecule has 0 N–H and O–H groups in total. The third-order valence-electron chi connectivity index (χ3n) is 2.64. The van der Waals surface area contributed by atoms with Crippen LogP contribution in [-0.2, 0) is 0 Å². The van der Waals surface area contributed by atoms with Crippen LogP contribution in [0.1, 0.15) is 6.92 Å². The second kappa shape index (κ2) is 2.56. The molecule has 1 aliphatic rings. The summed E-state index contributed by atoms with van der Waals surface area (Å²) in [6.07, 6.45) is 0. The number of nitrogens with zero attached hydrogens (tertiary/aromatic N) is 1. The highest BCUT2D eigenvalue weighted by Crippen LogP contribution is 2.39. The first-order valence-corrected chi connectivity index (χ1v) is 8.11. The van der Waals surface area contributed by atoms with Crippen LogP contribution in [0.3, 0.4) is 0 Å². The Kier molecular flexibility index (Phi) is 2.14. The lowest BCUT2D eigenvalue weighted by molar-refractivity contribution is 0.322. The van der Waals surface area contributed by atoms with E-state index in [4.69, 9.17) is 12.2 Å². The molecule has 0 aliphatic carbocycles. The summed E-state index contributed by atoms with van der Waals surface area (Å²) in [6, 6.07) is 0.689. The summed E-state index contributed by atoms with van der Waals surface area (Å²) in [5.41, 5.74) is 0.738. The molecule has 0 radical (unpaired) electrons. The van der Waals surface area contributed by atoms with E-state index in [0.717, 1.165) is 5.54 Å². The summed E-state index contributed by atoms with van der Waals surface area (Å²) in [7, 11) is 1.08. The maximum Gasteiger partial charge on any atom is 0.0803 e. The quantitative estimate of drug-likeness (QED) is 0.458. The molecule has 64 valence electrons. The fourth-order valence-corrected chi connectivity index (χ4v) is 5.90. The van der Waals surface area contributed by atoms with E-state index in [0.29, 0.717) is 6.04 Å². The molecule has 1 rings (SSSR count). The van der Waals surface area contributed by atoms with Crippen LogP contribution in [0.15, 0.2) is 0 Å². The molecule has 0 bridgehead atoms. The van der Waals surface area contributed by atoms with Crippen molar-refractivity contribution >= 4 is 25.3 Å². The van der Waals surface area contributed by atoms with Gasteiger partial charge in [-0.2, -0.15) is 0 Å². The van der Waals surface area contributed by atoms with Gasteiger partial charge in [0.1, 0.15) is 0 Å². The van der Waals surface area contributed by atoms with Gasteiger partial charge in [-0.05, 0) is 6.92 Å². The summed E-state index contributed by atoms with van der Waals surface area (Å²) in [4.78, 5) is 3.41. The maximum absolute atomic E-state index is 5.31. The Morgan fingerprint density at radius 3 is 2.00 bits per heavy atom. The molecule has 0 amide bonds. The van der Waals surface area contributed by atoms with E-state index < -0.39 is 8.07 Å². The van der Waals surface area contributed by atoms with Gasteiger partial charge in [-0.15, -0.1) is 0 Å². The van der Waals surface area contributed by atoms with E-state index in [-0.39, 0.29) is 0 Å². The van der Waals surface area contributed by atoms with Crippen LogP contribution in [0.2, 0.25) is 25.2 Å². The van der Waals surface area contributed by atoms with Crippen molar-refractivity contribution in [2.45, 2.75) is 38.1 Å². The fraction of sp³-hybridized carbons (Fsp3) is 0.875. The monoisotopic (exact) mass is 187 g/mol. The van der Waals surface area contributed by atoms with Crippen molar-refractivity contribution in [2.24, 2.45) is 0 Å². The largest absolute Gasteiger partial charge is 0.366 e. The molecule has 0 saturated carbocycles. The summed E-state index contributed by atoms with van der Waals surface area (Å²) in [5.74, 6) is 0. The van der Waals surface area contributed by atoms with Crippen LogP contribution in [0.4, 0.5) is 0 Å². The number of hydrogen-bond donors (Lipinski definition) is 0. The van der Waals surface area contributed by atoms with Gasteiger partial charge < -0.3 is 4.90 Å². The smallest absolute Gasteiger partial charge is 0.0803 e. The highest BCUT2D eigenvalue weighted by molar-refractivity contribution is 7.80. The lowest BCUT2D eigenvalue weighted by Gasteiger charge is -2.51. The van der Waals surface area contributed by atoms with Crippen molar-refractivity contribution in [1.82, 2.24) is 4.90 Å². The molecule has 0 spiro atoms. The minimum atomic E-state index is -1.02. The first kappa shape index (κ1) is 9.20. The number of rotatable bonds is 1. The number of hydrogen-bond acceptors (Lipinski definition) is 1. The van der Waals surface area contributed by atoms with E-state index in [9.17, 15) is 0 Å². The van der Waals surface area contributed by atoms with Crippen LogP contribution in [0.25, 0.3) is 0 Å². The second-order valence-electron chi connectivity index (χ2n) is 4.53. The van der Waals surface area contributed by atoms with Crippen LogP contribution >= 0.6 is 12.2 Å². The zero-order valence-corrected chi connectivity index (χ0v) is 9.83. The van der Waals surface area contributed by atoms with Gasteiger partial charge in [0.25, 0.3) is 0 Å². The normalized spacial score (nSPS) is 32.1. The average Bonchev–Trinajstić information content (AvgIpc) is 1.85. The minimum Gasteiger partial charge on any atom is -0.366 e. The van der Waals surface area contributed by atoms with Gasteiger partial charge >= 0.3 is 0 Å². The third kappa shape index (κ3) is 1.36. The Bertz CT molecular complexity index is 185. The Labute approximate surface area is 75.8 Å². The zero-order chi connectivity index (χ0) is 8.81. The number of thiocarbonyl (C=S) groups is 1. The van der Waals surface area contributed by atoms with Crippen LogP contribution in [0, 0.1) is 0 Å². The summed E-state index contributed by atoms with van der Waals surface area (Å²) in [5, 5.41) is 0. The Balaban J connectivity index is 2.71. The molecule has 0 aromatic rings. The molecule has 3 heteroatoms. The molecule has 1 nitrogen and oxygen atoms in total. The van der Waals surface area contributed by atoms with Crippen molar-refractivity contribution in [3.8, 4) is 0 Å². The Hall–Kier alpha value is 0.107. The van der Waals surface area contributed by atoms with E-state index >= 15 is 0 Å². The molecular weight excluding hydrogens is 170 g/mol. The van der Waals surface area contributed by atoms with Gasteiger partial charge in [0, 0.05) is 18.6 Å². The van der Waals surface area contributed by atoms with Crippen molar-refractivity contribution < 1.29 is 0 Å². The highest BCUT2D eigenvalue weighted by Gasteiger charge is 2.45. The molecule has 0 unspecified atom stereocenters. The first-order chi connectivity index (χ1) is 4.85. The second-order valence-corrected chi connectivity index (χ2v) is 10.3. The summed E-state index contributed by atoms with van der Waals surface area (Å²) in [6.45, 7) is 9.47. The van der Waals surface area contributed by atoms with Crippen LogP contribution in [-0.4, -0.2) is 31.1 Å². The fourth-order valence-electron chi connectivity index (χ4n) is 1.86. The van der Waals surface area contributed by atoms with Gasteiger partial charge in [-0.3, -0.25) is 0 Å². The molecule has 11 heavy (non-hydrogen) atoms. The summed E-state index contributed by atoms with van der Waals surface area (Å²) < 4.78 is 0. The van der Waals surface area contributed by atoms with E-state index in [1.165, 1.54) is 4.99 Å². The first-order valence-electron chi connectivity index (χ1n) is 4.12. The zero-order valence-electron chi connectivity index (χ0n) is 8.01. The average molecular weight is 187 g/mol.